The third kappa shape index (κ3) is 6.75. The highest BCUT2D eigenvalue weighted by molar-refractivity contribution is 4.88. The Hall–Kier alpha value is -0.0800. The van der Waals surface area contributed by atoms with Gasteiger partial charge in [0.15, 0.2) is 0 Å². The smallest absolute Gasteiger partial charge is 0.0221 e. The maximum atomic E-state index is 3.79. The Morgan fingerprint density at radius 2 is 1.06 bits per heavy atom. The van der Waals surface area contributed by atoms with Gasteiger partial charge in [-0.3, -0.25) is 0 Å². The summed E-state index contributed by atoms with van der Waals surface area (Å²) in [7, 11) is 0. The molecule has 2 heteroatoms. The molecule has 1 aliphatic rings. The minimum Gasteiger partial charge on any atom is -0.312 e. The normalized spacial score (nSPS) is 26.3. The summed E-state index contributed by atoms with van der Waals surface area (Å²) in [4.78, 5) is 0. The van der Waals surface area contributed by atoms with E-state index in [0.29, 0.717) is 22.9 Å². The summed E-state index contributed by atoms with van der Waals surface area (Å²) in [6.07, 6.45) is 5.43. The summed E-state index contributed by atoms with van der Waals surface area (Å²) >= 11 is 0. The van der Waals surface area contributed by atoms with Crippen molar-refractivity contribution < 1.29 is 0 Å². The van der Waals surface area contributed by atoms with Crippen LogP contribution >= 0.6 is 0 Å². The van der Waals surface area contributed by atoms with Crippen LogP contribution in [0.25, 0.3) is 0 Å². The number of hydrogen-bond acceptors (Lipinski definition) is 2. The lowest BCUT2D eigenvalue weighted by Gasteiger charge is -2.36. The van der Waals surface area contributed by atoms with E-state index in [4.69, 9.17) is 0 Å². The minimum atomic E-state index is 0.381. The predicted molar refractivity (Wildman–Crippen MR) is 81.0 cm³/mol. The zero-order chi connectivity index (χ0) is 13.8. The van der Waals surface area contributed by atoms with Crippen LogP contribution in [0.15, 0.2) is 0 Å². The molecule has 18 heavy (non-hydrogen) atoms. The minimum absolute atomic E-state index is 0.381. The second-order valence-electron chi connectivity index (χ2n) is 8.38. The molecule has 0 aliphatic heterocycles. The van der Waals surface area contributed by atoms with Crippen LogP contribution in [0.3, 0.4) is 0 Å². The van der Waals surface area contributed by atoms with Crippen LogP contribution in [0.5, 0.6) is 0 Å². The lowest BCUT2D eigenvalue weighted by molar-refractivity contribution is 0.235. The molecule has 2 nitrogen and oxygen atoms in total. The highest BCUT2D eigenvalue weighted by atomic mass is 15.0. The molecule has 0 spiro atoms. The van der Waals surface area contributed by atoms with Crippen molar-refractivity contribution in [2.45, 2.75) is 79.3 Å². The summed E-state index contributed by atoms with van der Waals surface area (Å²) in [6, 6.07) is 1.33. The quantitative estimate of drug-likeness (QED) is 0.801. The molecule has 1 aliphatic carbocycles. The molecule has 0 aromatic rings. The molecule has 0 aromatic heterocycles. The average molecular weight is 254 g/mol. The SMILES string of the molecule is CC(C)(C)CN[C@@H]1CCCC[C@H]1NCC(C)(C)C. The molecule has 0 heterocycles. The van der Waals surface area contributed by atoms with E-state index in [0.717, 1.165) is 13.1 Å². The first-order valence-electron chi connectivity index (χ1n) is 7.64. The van der Waals surface area contributed by atoms with Gasteiger partial charge in [-0.1, -0.05) is 54.4 Å². The van der Waals surface area contributed by atoms with E-state index in [2.05, 4.69) is 52.2 Å². The van der Waals surface area contributed by atoms with Gasteiger partial charge in [-0.25, -0.2) is 0 Å². The van der Waals surface area contributed by atoms with E-state index in [1.165, 1.54) is 25.7 Å². The van der Waals surface area contributed by atoms with Gasteiger partial charge < -0.3 is 10.6 Å². The Kier molecular flexibility index (Phi) is 5.67. The molecule has 108 valence electrons. The predicted octanol–water partition coefficient (Wildman–Crippen LogP) is 3.57. The van der Waals surface area contributed by atoms with Crippen LogP contribution < -0.4 is 10.6 Å². The summed E-state index contributed by atoms with van der Waals surface area (Å²) in [5.41, 5.74) is 0.762. The largest absolute Gasteiger partial charge is 0.312 e. The van der Waals surface area contributed by atoms with E-state index >= 15 is 0 Å². The third-order valence-electron chi connectivity index (χ3n) is 3.56. The van der Waals surface area contributed by atoms with Crippen molar-refractivity contribution in [3.63, 3.8) is 0 Å². The molecule has 0 amide bonds. The molecule has 2 atom stereocenters. The molecule has 1 fully saturated rings. The van der Waals surface area contributed by atoms with Gasteiger partial charge in [-0.2, -0.15) is 0 Å². The first-order valence-corrected chi connectivity index (χ1v) is 7.64. The van der Waals surface area contributed by atoms with Crippen LogP contribution in [0, 0.1) is 10.8 Å². The Bertz CT molecular complexity index is 208. The van der Waals surface area contributed by atoms with Gasteiger partial charge in [0.1, 0.15) is 0 Å². The average Bonchev–Trinajstić information content (AvgIpc) is 2.22. The molecule has 0 bridgehead atoms. The van der Waals surface area contributed by atoms with E-state index in [1.807, 2.05) is 0 Å². The van der Waals surface area contributed by atoms with Crippen LogP contribution in [0.4, 0.5) is 0 Å². The van der Waals surface area contributed by atoms with Gasteiger partial charge in [-0.15, -0.1) is 0 Å². The molecule has 0 unspecified atom stereocenters. The summed E-state index contributed by atoms with van der Waals surface area (Å²) in [6.45, 7) is 16.1. The van der Waals surface area contributed by atoms with Crippen LogP contribution in [0.1, 0.15) is 67.2 Å². The van der Waals surface area contributed by atoms with E-state index < -0.39 is 0 Å². The maximum Gasteiger partial charge on any atom is 0.0221 e. The van der Waals surface area contributed by atoms with Crippen molar-refractivity contribution >= 4 is 0 Å². The van der Waals surface area contributed by atoms with Gasteiger partial charge in [0.25, 0.3) is 0 Å². The van der Waals surface area contributed by atoms with Crippen molar-refractivity contribution in [3.05, 3.63) is 0 Å². The summed E-state index contributed by atoms with van der Waals surface area (Å²) in [5.74, 6) is 0. The molecular formula is C16H34N2. The number of hydrogen-bond donors (Lipinski definition) is 2. The Labute approximate surface area is 114 Å². The van der Waals surface area contributed by atoms with E-state index in [9.17, 15) is 0 Å². The molecule has 1 saturated carbocycles. The third-order valence-corrected chi connectivity index (χ3v) is 3.56. The fraction of sp³-hybridized carbons (Fsp3) is 1.00. The second-order valence-corrected chi connectivity index (χ2v) is 8.38. The lowest BCUT2D eigenvalue weighted by atomic mass is 9.87. The molecule has 1 rings (SSSR count). The van der Waals surface area contributed by atoms with E-state index in [1.54, 1.807) is 0 Å². The Balaban J connectivity index is 2.42. The first kappa shape index (κ1) is 16.0. The van der Waals surface area contributed by atoms with Crippen LogP contribution in [-0.4, -0.2) is 25.2 Å². The molecule has 0 aromatic carbocycles. The number of nitrogens with one attached hydrogen (secondary N) is 2. The highest BCUT2D eigenvalue weighted by Crippen LogP contribution is 2.21. The standard InChI is InChI=1S/C16H34N2/c1-15(2,3)11-17-13-9-7-8-10-14(13)18-12-16(4,5)6/h13-14,17-18H,7-12H2,1-6H3/t13-,14-/m1/s1. The van der Waals surface area contributed by atoms with Crippen molar-refractivity contribution in [2.24, 2.45) is 10.8 Å². The first-order chi connectivity index (χ1) is 8.17. The van der Waals surface area contributed by atoms with Gasteiger partial charge in [0.2, 0.25) is 0 Å². The van der Waals surface area contributed by atoms with Crippen molar-refractivity contribution in [2.75, 3.05) is 13.1 Å². The van der Waals surface area contributed by atoms with Gasteiger partial charge >= 0.3 is 0 Å². The van der Waals surface area contributed by atoms with Crippen molar-refractivity contribution in [1.82, 2.24) is 10.6 Å². The van der Waals surface area contributed by atoms with Crippen LogP contribution in [0.2, 0.25) is 0 Å². The fourth-order valence-corrected chi connectivity index (χ4v) is 2.49. The van der Waals surface area contributed by atoms with E-state index in [-0.39, 0.29) is 0 Å². The summed E-state index contributed by atoms with van der Waals surface area (Å²) < 4.78 is 0. The van der Waals surface area contributed by atoms with Gasteiger partial charge in [0.05, 0.1) is 0 Å². The van der Waals surface area contributed by atoms with Crippen LogP contribution in [-0.2, 0) is 0 Å². The van der Waals surface area contributed by atoms with Gasteiger partial charge in [-0.05, 0) is 23.7 Å². The zero-order valence-electron chi connectivity index (χ0n) is 13.4. The number of rotatable bonds is 4. The molecule has 0 radical (unpaired) electrons. The summed E-state index contributed by atoms with van der Waals surface area (Å²) in [5, 5.41) is 7.57. The van der Waals surface area contributed by atoms with Gasteiger partial charge in [0, 0.05) is 25.2 Å². The Morgan fingerprint density at radius 1 is 0.722 bits per heavy atom. The molecule has 2 N–H and O–H groups in total. The zero-order valence-corrected chi connectivity index (χ0v) is 13.4. The topological polar surface area (TPSA) is 24.1 Å². The lowest BCUT2D eigenvalue weighted by Crippen LogP contribution is -2.52. The van der Waals surface area contributed by atoms with Crippen molar-refractivity contribution in [1.29, 1.82) is 0 Å². The van der Waals surface area contributed by atoms with Crippen molar-refractivity contribution in [3.8, 4) is 0 Å². The fourth-order valence-electron chi connectivity index (χ4n) is 2.49. The maximum absolute atomic E-state index is 3.79. The monoisotopic (exact) mass is 254 g/mol. The highest BCUT2D eigenvalue weighted by Gasteiger charge is 2.26. The molecule has 0 saturated heterocycles. The molecular weight excluding hydrogens is 220 g/mol. The second kappa shape index (κ2) is 6.38. The Morgan fingerprint density at radius 3 is 1.33 bits per heavy atom.